The van der Waals surface area contributed by atoms with Crippen molar-refractivity contribution in [1.29, 1.82) is 0 Å². The third-order valence-electron chi connectivity index (χ3n) is 6.06. The fourth-order valence-corrected chi connectivity index (χ4v) is 4.68. The number of benzene rings is 2. The predicted molar refractivity (Wildman–Crippen MR) is 127 cm³/mol. The number of aromatic nitrogens is 1. The standard InChI is InChI=1S/C25H28BrN3O2/c1-17(2)11-12-27-24(31)25(3)16-28-21-10-5-4-8-19(21)14-22(28)23(30)29(25)15-18-7-6-9-20(26)13-18/h4-10,13-14,17H,11-12,15-16H2,1-3H3,(H,27,31)/t25-/m1/s1. The maximum absolute atomic E-state index is 13.7. The number of para-hydroxylation sites is 1. The molecule has 1 aromatic heterocycles. The lowest BCUT2D eigenvalue weighted by Crippen LogP contribution is -2.63. The maximum atomic E-state index is 13.7. The van der Waals surface area contributed by atoms with Gasteiger partial charge in [-0.25, -0.2) is 0 Å². The molecule has 0 saturated heterocycles. The smallest absolute Gasteiger partial charge is 0.271 e. The monoisotopic (exact) mass is 481 g/mol. The predicted octanol–water partition coefficient (Wildman–Crippen LogP) is 4.98. The Morgan fingerprint density at radius 1 is 1.16 bits per heavy atom. The molecule has 0 radical (unpaired) electrons. The van der Waals surface area contributed by atoms with Gasteiger partial charge in [0.1, 0.15) is 11.2 Å². The summed E-state index contributed by atoms with van der Waals surface area (Å²) in [6.45, 7) is 7.54. The summed E-state index contributed by atoms with van der Waals surface area (Å²) >= 11 is 3.51. The first-order valence-electron chi connectivity index (χ1n) is 10.7. The van der Waals surface area contributed by atoms with E-state index in [1.54, 1.807) is 4.90 Å². The minimum absolute atomic E-state index is 0.111. The van der Waals surface area contributed by atoms with Gasteiger partial charge in [-0.05, 0) is 49.1 Å². The van der Waals surface area contributed by atoms with Crippen molar-refractivity contribution in [2.45, 2.75) is 45.8 Å². The van der Waals surface area contributed by atoms with E-state index in [4.69, 9.17) is 0 Å². The second-order valence-electron chi connectivity index (χ2n) is 8.91. The summed E-state index contributed by atoms with van der Waals surface area (Å²) in [5.74, 6) is 0.266. The molecule has 2 aromatic carbocycles. The molecule has 1 N–H and O–H groups in total. The highest BCUT2D eigenvalue weighted by molar-refractivity contribution is 9.10. The third kappa shape index (κ3) is 4.13. The van der Waals surface area contributed by atoms with Gasteiger partial charge < -0.3 is 14.8 Å². The number of rotatable bonds is 6. The molecule has 0 spiro atoms. The van der Waals surface area contributed by atoms with Gasteiger partial charge in [-0.1, -0.05) is 60.1 Å². The van der Waals surface area contributed by atoms with Crippen molar-refractivity contribution in [3.05, 3.63) is 70.3 Å². The molecule has 2 amide bonds. The first kappa shape index (κ1) is 21.6. The van der Waals surface area contributed by atoms with Crippen molar-refractivity contribution in [2.24, 2.45) is 5.92 Å². The molecule has 0 fully saturated rings. The second kappa shape index (κ2) is 8.50. The summed E-state index contributed by atoms with van der Waals surface area (Å²) in [7, 11) is 0. The van der Waals surface area contributed by atoms with Crippen LogP contribution in [-0.4, -0.2) is 33.4 Å². The molecule has 31 heavy (non-hydrogen) atoms. The first-order valence-corrected chi connectivity index (χ1v) is 11.5. The quantitative estimate of drug-likeness (QED) is 0.539. The van der Waals surface area contributed by atoms with Crippen LogP contribution in [0.15, 0.2) is 59.1 Å². The zero-order valence-corrected chi connectivity index (χ0v) is 19.8. The Balaban J connectivity index is 1.74. The Bertz CT molecular complexity index is 1140. The molecule has 1 aliphatic heterocycles. The van der Waals surface area contributed by atoms with Crippen molar-refractivity contribution in [1.82, 2.24) is 14.8 Å². The van der Waals surface area contributed by atoms with Gasteiger partial charge in [-0.2, -0.15) is 0 Å². The van der Waals surface area contributed by atoms with Gasteiger partial charge in [0.2, 0.25) is 5.91 Å². The van der Waals surface area contributed by atoms with E-state index in [-0.39, 0.29) is 11.8 Å². The molecule has 0 saturated carbocycles. The number of nitrogens with zero attached hydrogens (tertiary/aromatic N) is 2. The molecule has 0 unspecified atom stereocenters. The summed E-state index contributed by atoms with van der Waals surface area (Å²) in [6, 6.07) is 17.8. The van der Waals surface area contributed by atoms with Crippen molar-refractivity contribution < 1.29 is 9.59 Å². The lowest BCUT2D eigenvalue weighted by Gasteiger charge is -2.44. The average Bonchev–Trinajstić information content (AvgIpc) is 3.09. The van der Waals surface area contributed by atoms with E-state index < -0.39 is 5.54 Å². The molecule has 5 nitrogen and oxygen atoms in total. The number of hydrogen-bond donors (Lipinski definition) is 1. The average molecular weight is 482 g/mol. The Morgan fingerprint density at radius 3 is 2.68 bits per heavy atom. The van der Waals surface area contributed by atoms with Crippen LogP contribution in [0.3, 0.4) is 0 Å². The van der Waals surface area contributed by atoms with Crippen LogP contribution in [0.25, 0.3) is 10.9 Å². The lowest BCUT2D eigenvalue weighted by molar-refractivity contribution is -0.133. The normalized spacial score (nSPS) is 18.5. The van der Waals surface area contributed by atoms with Gasteiger partial charge in [0, 0.05) is 28.5 Å². The lowest BCUT2D eigenvalue weighted by atomic mass is 9.93. The number of fused-ring (bicyclic) bond motifs is 3. The zero-order valence-electron chi connectivity index (χ0n) is 18.2. The van der Waals surface area contributed by atoms with Crippen molar-refractivity contribution in [3.8, 4) is 0 Å². The molecule has 4 rings (SSSR count). The highest BCUT2D eigenvalue weighted by atomic mass is 79.9. The highest BCUT2D eigenvalue weighted by Gasteiger charge is 2.47. The summed E-state index contributed by atoms with van der Waals surface area (Å²) < 4.78 is 2.95. The van der Waals surface area contributed by atoms with Crippen LogP contribution in [0.4, 0.5) is 0 Å². The summed E-state index contributed by atoms with van der Waals surface area (Å²) in [5.41, 5.74) is 1.59. The van der Waals surface area contributed by atoms with E-state index in [0.29, 0.717) is 31.2 Å². The Kier molecular flexibility index (Phi) is 5.93. The molecule has 6 heteroatoms. The number of hydrogen-bond acceptors (Lipinski definition) is 2. The minimum Gasteiger partial charge on any atom is -0.354 e. The Labute approximate surface area is 191 Å². The van der Waals surface area contributed by atoms with Crippen LogP contribution < -0.4 is 5.32 Å². The number of amides is 2. The third-order valence-corrected chi connectivity index (χ3v) is 6.56. The van der Waals surface area contributed by atoms with Crippen LogP contribution in [0.5, 0.6) is 0 Å². The number of carbonyl (C=O) groups is 2. The minimum atomic E-state index is -0.995. The Hall–Kier alpha value is -2.60. The van der Waals surface area contributed by atoms with Gasteiger partial charge in [0.15, 0.2) is 0 Å². The van der Waals surface area contributed by atoms with Crippen molar-refractivity contribution in [2.75, 3.05) is 6.54 Å². The van der Waals surface area contributed by atoms with Gasteiger partial charge in [-0.3, -0.25) is 9.59 Å². The van der Waals surface area contributed by atoms with Gasteiger partial charge in [0.05, 0.1) is 6.54 Å². The van der Waals surface area contributed by atoms with Gasteiger partial charge in [-0.15, -0.1) is 0 Å². The SMILES string of the molecule is CC(C)CCNC(=O)[C@@]1(C)Cn2c(cc3ccccc32)C(=O)N1Cc1cccc(Br)c1. The maximum Gasteiger partial charge on any atom is 0.271 e. The largest absolute Gasteiger partial charge is 0.354 e. The van der Waals surface area contributed by atoms with Crippen LogP contribution in [0.1, 0.15) is 43.2 Å². The molecular formula is C25H28BrN3O2. The van der Waals surface area contributed by atoms with E-state index in [1.165, 1.54) is 0 Å². The summed E-state index contributed by atoms with van der Waals surface area (Å²) in [6.07, 6.45) is 0.902. The molecule has 162 valence electrons. The fourth-order valence-electron chi connectivity index (χ4n) is 4.24. The van der Waals surface area contributed by atoms with Crippen LogP contribution in [0, 0.1) is 5.92 Å². The van der Waals surface area contributed by atoms with Crippen molar-refractivity contribution in [3.63, 3.8) is 0 Å². The van der Waals surface area contributed by atoms with Crippen LogP contribution in [0.2, 0.25) is 0 Å². The molecule has 1 aliphatic rings. The van der Waals surface area contributed by atoms with Gasteiger partial charge >= 0.3 is 0 Å². The van der Waals surface area contributed by atoms with E-state index in [0.717, 1.165) is 27.4 Å². The Morgan fingerprint density at radius 2 is 1.94 bits per heavy atom. The van der Waals surface area contributed by atoms with Crippen LogP contribution >= 0.6 is 15.9 Å². The number of halogens is 1. The first-order chi connectivity index (χ1) is 14.8. The number of nitrogens with one attached hydrogen (secondary N) is 1. The van der Waals surface area contributed by atoms with E-state index in [2.05, 4.69) is 35.1 Å². The molecular weight excluding hydrogens is 454 g/mol. The van der Waals surface area contributed by atoms with E-state index in [1.807, 2.05) is 66.1 Å². The fraction of sp³-hybridized carbons (Fsp3) is 0.360. The molecule has 1 atom stereocenters. The summed E-state index contributed by atoms with van der Waals surface area (Å²) in [4.78, 5) is 28.9. The number of carbonyl (C=O) groups excluding carboxylic acids is 2. The molecule has 0 aliphatic carbocycles. The van der Waals surface area contributed by atoms with Crippen molar-refractivity contribution >= 4 is 38.6 Å². The molecule has 0 bridgehead atoms. The molecule has 2 heterocycles. The molecule has 3 aromatic rings. The van der Waals surface area contributed by atoms with Gasteiger partial charge in [0.25, 0.3) is 5.91 Å². The topological polar surface area (TPSA) is 54.3 Å². The highest BCUT2D eigenvalue weighted by Crippen LogP contribution is 2.33. The van der Waals surface area contributed by atoms with E-state index >= 15 is 0 Å². The second-order valence-corrected chi connectivity index (χ2v) is 9.82. The zero-order chi connectivity index (χ0) is 22.2. The van der Waals surface area contributed by atoms with Crippen LogP contribution in [-0.2, 0) is 17.9 Å². The summed E-state index contributed by atoms with van der Waals surface area (Å²) in [5, 5.41) is 4.10. The van der Waals surface area contributed by atoms with E-state index in [9.17, 15) is 9.59 Å².